The van der Waals surface area contributed by atoms with Crippen molar-refractivity contribution in [1.29, 1.82) is 0 Å². The summed E-state index contributed by atoms with van der Waals surface area (Å²) in [7, 11) is 0. The summed E-state index contributed by atoms with van der Waals surface area (Å²) in [6, 6.07) is 34.0. The summed E-state index contributed by atoms with van der Waals surface area (Å²) >= 11 is 0. The lowest BCUT2D eigenvalue weighted by atomic mass is 9.14. The Kier molecular flexibility index (Phi) is 13.2. The minimum atomic E-state index is -0.957. The second-order valence-corrected chi connectivity index (χ2v) is 11.8. The number of hydrogen-bond acceptors (Lipinski definition) is 0. The molecule has 4 aromatic rings. The molecule has 0 bridgehead atoms. The predicted molar refractivity (Wildman–Crippen MR) is 178 cm³/mol. The molecule has 0 fully saturated rings. The molecule has 0 N–H and O–H groups in total. The third-order valence-corrected chi connectivity index (χ3v) is 8.48. The maximum absolute atomic E-state index is 2.35. The molecule has 0 unspecified atom stereocenters. The summed E-state index contributed by atoms with van der Waals surface area (Å²) in [5.41, 5.74) is 8.33. The molecule has 212 valence electrons. The van der Waals surface area contributed by atoms with E-state index in [0.29, 0.717) is 0 Å². The first-order valence-electron chi connectivity index (χ1n) is 15.8. The summed E-state index contributed by atoms with van der Waals surface area (Å²) in [5, 5.41) is 0. The standard InChI is InChI=1S/C25H30B.C13H22N/c1-5-6-19-26(23-13-7-20(2)8-14-23,24-15-9-21(3)10-16-24)25-17-11-22(4)12-18-25;1-2-3-4-5-6-8-11-14-12-9-7-10-13-14/h7-18H,5-6,19H2,1-4H3;7,9-10,12-13H,2-6,8,11H2,1H3/q-1;+1. The van der Waals surface area contributed by atoms with E-state index in [9.17, 15) is 0 Å². The van der Waals surface area contributed by atoms with Gasteiger partial charge in [-0.3, -0.25) is 0 Å². The third kappa shape index (κ3) is 9.22. The molecule has 40 heavy (non-hydrogen) atoms. The van der Waals surface area contributed by atoms with Crippen molar-refractivity contribution in [2.75, 3.05) is 0 Å². The van der Waals surface area contributed by atoms with E-state index in [1.165, 1.54) is 97.3 Å². The van der Waals surface area contributed by atoms with E-state index < -0.39 is 6.15 Å². The Morgan fingerprint density at radius 1 is 0.475 bits per heavy atom. The monoisotopic (exact) mass is 533 g/mol. The first kappa shape index (κ1) is 31.4. The molecule has 0 amide bonds. The SMILES string of the molecule is CCCCCCCC[n+]1ccccc1.CCCC[B-](c1ccc(C)cc1)(c1ccc(C)cc1)c1ccc(C)cc1. The smallest absolute Gasteiger partial charge is 0.168 e. The van der Waals surface area contributed by atoms with Gasteiger partial charge >= 0.3 is 0 Å². The van der Waals surface area contributed by atoms with Crippen LogP contribution in [-0.2, 0) is 6.54 Å². The number of rotatable bonds is 13. The molecule has 0 saturated heterocycles. The fourth-order valence-corrected chi connectivity index (χ4v) is 5.93. The van der Waals surface area contributed by atoms with Gasteiger partial charge in [-0.15, -0.1) is 0 Å². The van der Waals surface area contributed by atoms with Gasteiger partial charge in [0, 0.05) is 18.6 Å². The molecular formula is C38H52BN. The van der Waals surface area contributed by atoms with Crippen molar-refractivity contribution in [3.8, 4) is 0 Å². The Bertz CT molecular complexity index is 1100. The number of aryl methyl sites for hydroxylation is 4. The highest BCUT2D eigenvalue weighted by Gasteiger charge is 2.29. The number of pyridine rings is 1. The number of aromatic nitrogens is 1. The topological polar surface area (TPSA) is 3.88 Å². The van der Waals surface area contributed by atoms with Crippen LogP contribution in [0.2, 0.25) is 6.32 Å². The molecule has 3 aromatic carbocycles. The Hall–Kier alpha value is -3.13. The fourth-order valence-electron chi connectivity index (χ4n) is 5.93. The quantitative estimate of drug-likeness (QED) is 0.0926. The number of unbranched alkanes of at least 4 members (excludes halogenated alkanes) is 6. The van der Waals surface area contributed by atoms with Crippen LogP contribution in [0.4, 0.5) is 0 Å². The van der Waals surface area contributed by atoms with Crippen molar-refractivity contribution in [3.05, 3.63) is 120 Å². The van der Waals surface area contributed by atoms with E-state index in [1.54, 1.807) is 0 Å². The Labute approximate surface area is 245 Å². The molecule has 1 heterocycles. The van der Waals surface area contributed by atoms with Crippen LogP contribution in [-0.4, -0.2) is 6.15 Å². The van der Waals surface area contributed by atoms with Gasteiger partial charge < -0.3 is 0 Å². The van der Waals surface area contributed by atoms with Crippen LogP contribution >= 0.6 is 0 Å². The summed E-state index contributed by atoms with van der Waals surface area (Å²) in [4.78, 5) is 0. The van der Waals surface area contributed by atoms with Crippen LogP contribution in [0, 0.1) is 20.8 Å². The van der Waals surface area contributed by atoms with E-state index in [2.05, 4.69) is 143 Å². The third-order valence-electron chi connectivity index (χ3n) is 8.48. The van der Waals surface area contributed by atoms with E-state index in [0.717, 1.165) is 0 Å². The number of nitrogens with zero attached hydrogens (tertiary/aromatic N) is 1. The lowest BCUT2D eigenvalue weighted by Gasteiger charge is -2.43. The maximum atomic E-state index is 2.35. The van der Waals surface area contributed by atoms with E-state index >= 15 is 0 Å². The first-order chi connectivity index (χ1) is 19.5. The molecule has 0 radical (unpaired) electrons. The summed E-state index contributed by atoms with van der Waals surface area (Å²) in [6.45, 7) is 12.2. The minimum Gasteiger partial charge on any atom is -0.205 e. The summed E-state index contributed by atoms with van der Waals surface area (Å²) in [6.07, 6.45) is 15.2. The molecule has 0 aliphatic carbocycles. The Morgan fingerprint density at radius 3 is 1.30 bits per heavy atom. The van der Waals surface area contributed by atoms with Crippen LogP contribution in [0.1, 0.15) is 81.9 Å². The first-order valence-corrected chi connectivity index (χ1v) is 15.8. The van der Waals surface area contributed by atoms with Crippen molar-refractivity contribution in [3.63, 3.8) is 0 Å². The molecule has 4 rings (SSSR count). The normalized spacial score (nSPS) is 11.1. The minimum absolute atomic E-state index is 0.957. The molecule has 1 nitrogen and oxygen atoms in total. The van der Waals surface area contributed by atoms with Gasteiger partial charge in [0.2, 0.25) is 0 Å². The van der Waals surface area contributed by atoms with Crippen molar-refractivity contribution in [2.24, 2.45) is 0 Å². The molecule has 2 heteroatoms. The average molecular weight is 534 g/mol. The second kappa shape index (κ2) is 16.9. The van der Waals surface area contributed by atoms with Gasteiger partial charge in [-0.25, -0.2) is 4.57 Å². The van der Waals surface area contributed by atoms with Crippen molar-refractivity contribution >= 4 is 22.5 Å². The molecule has 0 saturated carbocycles. The zero-order valence-corrected chi connectivity index (χ0v) is 25.9. The highest BCUT2D eigenvalue weighted by atomic mass is 14.9. The predicted octanol–water partition coefficient (Wildman–Crippen LogP) is 8.22. The van der Waals surface area contributed by atoms with Crippen LogP contribution in [0.15, 0.2) is 103 Å². The number of hydrogen-bond donors (Lipinski definition) is 0. The number of benzene rings is 3. The maximum Gasteiger partial charge on any atom is 0.168 e. The van der Waals surface area contributed by atoms with Gasteiger partial charge in [-0.1, -0.05) is 148 Å². The summed E-state index contributed by atoms with van der Waals surface area (Å²) in [5.74, 6) is 0. The highest BCUT2D eigenvalue weighted by Crippen LogP contribution is 2.18. The average Bonchev–Trinajstić information content (AvgIpc) is 2.98. The van der Waals surface area contributed by atoms with E-state index in [-0.39, 0.29) is 0 Å². The summed E-state index contributed by atoms with van der Waals surface area (Å²) < 4.78 is 2.26. The van der Waals surface area contributed by atoms with E-state index in [1.807, 2.05) is 0 Å². The highest BCUT2D eigenvalue weighted by molar-refractivity contribution is 7.11. The second-order valence-electron chi connectivity index (χ2n) is 11.8. The molecule has 1 aromatic heterocycles. The molecule has 0 atom stereocenters. The van der Waals surface area contributed by atoms with Crippen molar-refractivity contribution in [2.45, 2.75) is 98.9 Å². The van der Waals surface area contributed by atoms with Crippen LogP contribution in [0.5, 0.6) is 0 Å². The van der Waals surface area contributed by atoms with Gasteiger partial charge in [0.05, 0.1) is 6.15 Å². The van der Waals surface area contributed by atoms with Gasteiger partial charge in [-0.05, 0) is 27.2 Å². The van der Waals surface area contributed by atoms with Gasteiger partial charge in [0.25, 0.3) is 0 Å². The van der Waals surface area contributed by atoms with Crippen LogP contribution in [0.3, 0.4) is 0 Å². The fraction of sp³-hybridized carbons (Fsp3) is 0.395. The van der Waals surface area contributed by atoms with Gasteiger partial charge in [0.15, 0.2) is 12.4 Å². The zero-order valence-electron chi connectivity index (χ0n) is 25.9. The lowest BCUT2D eigenvalue weighted by Crippen LogP contribution is -2.67. The Balaban J connectivity index is 0.000000267. The largest absolute Gasteiger partial charge is 0.205 e. The van der Waals surface area contributed by atoms with Crippen molar-refractivity contribution < 1.29 is 4.57 Å². The van der Waals surface area contributed by atoms with Crippen LogP contribution < -0.4 is 21.0 Å². The lowest BCUT2D eigenvalue weighted by molar-refractivity contribution is -0.697. The Morgan fingerprint density at radius 2 is 0.875 bits per heavy atom. The van der Waals surface area contributed by atoms with Gasteiger partial charge in [0.1, 0.15) is 6.54 Å². The van der Waals surface area contributed by atoms with Crippen LogP contribution in [0.25, 0.3) is 0 Å². The van der Waals surface area contributed by atoms with Crippen molar-refractivity contribution in [1.82, 2.24) is 0 Å². The molecule has 0 aliphatic heterocycles. The van der Waals surface area contributed by atoms with Gasteiger partial charge in [-0.2, -0.15) is 22.7 Å². The zero-order chi connectivity index (χ0) is 28.6. The molecular weight excluding hydrogens is 481 g/mol. The molecule has 0 spiro atoms. The molecule has 0 aliphatic rings. The van der Waals surface area contributed by atoms with E-state index in [4.69, 9.17) is 0 Å².